The zero-order valence-corrected chi connectivity index (χ0v) is 16.6. The molecule has 0 aromatic heterocycles. The zero-order chi connectivity index (χ0) is 20.4. The lowest BCUT2D eigenvalue weighted by Gasteiger charge is -2.24. The minimum atomic E-state index is -0.432. The van der Waals surface area contributed by atoms with Crippen LogP contribution in [0.2, 0.25) is 5.02 Å². The number of anilines is 1. The third kappa shape index (κ3) is 4.21. The summed E-state index contributed by atoms with van der Waals surface area (Å²) < 4.78 is 5.79. The quantitative estimate of drug-likeness (QED) is 0.379. The highest BCUT2D eigenvalue weighted by atomic mass is 35.5. The Balaban J connectivity index is 1.57. The molecule has 3 aromatic rings. The molecule has 1 fully saturated rings. The Morgan fingerprint density at radius 2 is 1.69 bits per heavy atom. The van der Waals surface area contributed by atoms with Crippen molar-refractivity contribution >= 4 is 40.6 Å². The van der Waals surface area contributed by atoms with Crippen molar-refractivity contribution < 1.29 is 14.5 Å². The van der Waals surface area contributed by atoms with Crippen LogP contribution in [0.3, 0.4) is 0 Å². The van der Waals surface area contributed by atoms with E-state index >= 15 is 0 Å². The number of thioether (sulfide) groups is 1. The van der Waals surface area contributed by atoms with Gasteiger partial charge in [0.05, 0.1) is 10.7 Å². The Hall–Kier alpha value is -3.03. The predicted octanol–water partition coefficient (Wildman–Crippen LogP) is 5.82. The Morgan fingerprint density at radius 3 is 2.34 bits per heavy atom. The van der Waals surface area contributed by atoms with Crippen LogP contribution >= 0.6 is 23.4 Å². The van der Waals surface area contributed by atoms with Crippen LogP contribution in [-0.4, -0.2) is 16.6 Å². The lowest BCUT2D eigenvalue weighted by molar-refractivity contribution is -0.384. The van der Waals surface area contributed by atoms with Crippen molar-refractivity contribution in [3.05, 3.63) is 93.5 Å². The second-order valence-electron chi connectivity index (χ2n) is 6.33. The van der Waals surface area contributed by atoms with E-state index in [1.165, 1.54) is 23.9 Å². The first-order valence-corrected chi connectivity index (χ1v) is 10.2. The molecule has 0 unspecified atom stereocenters. The van der Waals surface area contributed by atoms with E-state index in [0.717, 1.165) is 5.56 Å². The summed E-state index contributed by atoms with van der Waals surface area (Å²) in [6, 6.07) is 20.6. The number of carbonyl (C=O) groups is 1. The van der Waals surface area contributed by atoms with Crippen LogP contribution < -0.4 is 9.64 Å². The van der Waals surface area contributed by atoms with Crippen molar-refractivity contribution in [2.75, 3.05) is 10.7 Å². The maximum Gasteiger partial charge on any atom is 0.269 e. The number of amides is 1. The molecule has 0 radical (unpaired) electrons. The number of ether oxygens (including phenoxy) is 1. The molecule has 0 aliphatic carbocycles. The van der Waals surface area contributed by atoms with Gasteiger partial charge in [0, 0.05) is 22.8 Å². The van der Waals surface area contributed by atoms with E-state index in [4.69, 9.17) is 16.3 Å². The number of non-ortho nitro benzene ring substituents is 1. The van der Waals surface area contributed by atoms with E-state index in [1.54, 1.807) is 65.6 Å². The molecule has 3 aromatic carbocycles. The Morgan fingerprint density at radius 1 is 1.03 bits per heavy atom. The average molecular weight is 427 g/mol. The lowest BCUT2D eigenvalue weighted by atomic mass is 10.1. The molecule has 1 heterocycles. The second-order valence-corrected chi connectivity index (χ2v) is 7.83. The molecule has 29 heavy (non-hydrogen) atoms. The summed E-state index contributed by atoms with van der Waals surface area (Å²) in [7, 11) is 0. The lowest BCUT2D eigenvalue weighted by Crippen LogP contribution is -2.27. The smallest absolute Gasteiger partial charge is 0.269 e. The van der Waals surface area contributed by atoms with Crippen LogP contribution in [0, 0.1) is 10.1 Å². The molecule has 0 bridgehead atoms. The summed E-state index contributed by atoms with van der Waals surface area (Å²) in [6.07, 6.45) is 0. The number of carbonyl (C=O) groups excluding carboxylic acids is 1. The molecule has 0 N–H and O–H groups in total. The van der Waals surface area contributed by atoms with Gasteiger partial charge in [0.1, 0.15) is 16.9 Å². The van der Waals surface area contributed by atoms with Gasteiger partial charge < -0.3 is 4.74 Å². The standard InChI is InChI=1S/C21H15ClN2O4S/c22-15-4-8-18(9-5-15)28-19-10-6-16(7-11-19)23-20(25)13-29-21(23)14-2-1-3-17(12-14)24(26)27/h1-12,21H,13H2/t21-/m1/s1. The Kier molecular flexibility index (Phi) is 5.42. The van der Waals surface area contributed by atoms with E-state index < -0.39 is 4.92 Å². The summed E-state index contributed by atoms with van der Waals surface area (Å²) in [5.41, 5.74) is 1.44. The molecule has 1 atom stereocenters. The van der Waals surface area contributed by atoms with Crippen molar-refractivity contribution in [2.24, 2.45) is 0 Å². The summed E-state index contributed by atoms with van der Waals surface area (Å²) in [5.74, 6) is 1.56. The molecule has 1 aliphatic heterocycles. The van der Waals surface area contributed by atoms with Gasteiger partial charge in [-0.05, 0) is 54.1 Å². The van der Waals surface area contributed by atoms with E-state index in [9.17, 15) is 14.9 Å². The molecule has 6 nitrogen and oxygen atoms in total. The second kappa shape index (κ2) is 8.14. The summed E-state index contributed by atoms with van der Waals surface area (Å²) in [4.78, 5) is 24.8. The van der Waals surface area contributed by atoms with Crippen LogP contribution in [0.4, 0.5) is 11.4 Å². The molecule has 4 rings (SSSR count). The molecular weight excluding hydrogens is 412 g/mol. The molecule has 1 amide bonds. The van der Waals surface area contributed by atoms with Crippen LogP contribution in [0.15, 0.2) is 72.8 Å². The van der Waals surface area contributed by atoms with Gasteiger partial charge in [-0.3, -0.25) is 19.8 Å². The summed E-state index contributed by atoms with van der Waals surface area (Å²) in [5, 5.41) is 11.4. The highest BCUT2D eigenvalue weighted by molar-refractivity contribution is 8.00. The average Bonchev–Trinajstić information content (AvgIpc) is 3.12. The van der Waals surface area contributed by atoms with Gasteiger partial charge in [0.2, 0.25) is 5.91 Å². The molecule has 146 valence electrons. The zero-order valence-electron chi connectivity index (χ0n) is 15.0. The number of benzene rings is 3. The maximum atomic E-state index is 12.5. The van der Waals surface area contributed by atoms with E-state index in [0.29, 0.717) is 28.0 Å². The van der Waals surface area contributed by atoms with Crippen molar-refractivity contribution in [3.63, 3.8) is 0 Å². The monoisotopic (exact) mass is 426 g/mol. The van der Waals surface area contributed by atoms with E-state index in [-0.39, 0.29) is 17.0 Å². The van der Waals surface area contributed by atoms with Crippen molar-refractivity contribution in [2.45, 2.75) is 5.37 Å². The molecule has 1 saturated heterocycles. The van der Waals surface area contributed by atoms with Crippen LogP contribution in [0.5, 0.6) is 11.5 Å². The number of hydrogen-bond donors (Lipinski definition) is 0. The third-order valence-electron chi connectivity index (χ3n) is 4.40. The summed E-state index contributed by atoms with van der Waals surface area (Å²) >= 11 is 7.33. The van der Waals surface area contributed by atoms with Crippen molar-refractivity contribution in [3.8, 4) is 11.5 Å². The number of nitro groups is 1. The van der Waals surface area contributed by atoms with Gasteiger partial charge >= 0.3 is 0 Å². The Labute approximate surface area is 176 Å². The largest absolute Gasteiger partial charge is 0.457 e. The molecular formula is C21H15ClN2O4S. The predicted molar refractivity (Wildman–Crippen MR) is 114 cm³/mol. The number of halogens is 1. The fraction of sp³-hybridized carbons (Fsp3) is 0.0952. The first-order chi connectivity index (χ1) is 14.0. The number of hydrogen-bond acceptors (Lipinski definition) is 5. The van der Waals surface area contributed by atoms with Crippen LogP contribution in [-0.2, 0) is 4.79 Å². The number of nitro benzene ring substituents is 1. The molecule has 1 aliphatic rings. The van der Waals surface area contributed by atoms with Gasteiger partial charge in [0.15, 0.2) is 0 Å². The highest BCUT2D eigenvalue weighted by Crippen LogP contribution is 2.42. The number of rotatable bonds is 5. The first-order valence-electron chi connectivity index (χ1n) is 8.73. The fourth-order valence-electron chi connectivity index (χ4n) is 3.06. The minimum Gasteiger partial charge on any atom is -0.457 e. The van der Waals surface area contributed by atoms with Gasteiger partial charge in [-0.2, -0.15) is 0 Å². The van der Waals surface area contributed by atoms with Gasteiger partial charge in [-0.25, -0.2) is 0 Å². The highest BCUT2D eigenvalue weighted by Gasteiger charge is 2.34. The van der Waals surface area contributed by atoms with Gasteiger partial charge in [0.25, 0.3) is 5.69 Å². The normalized spacial score (nSPS) is 16.1. The fourth-order valence-corrected chi connectivity index (χ4v) is 4.35. The maximum absolute atomic E-state index is 12.5. The Bertz CT molecular complexity index is 1060. The van der Waals surface area contributed by atoms with E-state index in [1.807, 2.05) is 0 Å². The molecule has 0 spiro atoms. The number of nitrogens with zero attached hydrogens (tertiary/aromatic N) is 2. The molecule has 8 heteroatoms. The SMILES string of the molecule is O=C1CS[C@H](c2cccc([N+](=O)[O-])c2)N1c1ccc(Oc2ccc(Cl)cc2)cc1. The van der Waals surface area contributed by atoms with Crippen molar-refractivity contribution in [1.29, 1.82) is 0 Å². The van der Waals surface area contributed by atoms with Crippen LogP contribution in [0.25, 0.3) is 0 Å². The van der Waals surface area contributed by atoms with Crippen LogP contribution in [0.1, 0.15) is 10.9 Å². The minimum absolute atomic E-state index is 0.00844. The first kappa shape index (κ1) is 19.3. The third-order valence-corrected chi connectivity index (χ3v) is 5.86. The molecule has 0 saturated carbocycles. The van der Waals surface area contributed by atoms with Gasteiger partial charge in [-0.15, -0.1) is 11.8 Å². The van der Waals surface area contributed by atoms with E-state index in [2.05, 4.69) is 0 Å². The van der Waals surface area contributed by atoms with Crippen molar-refractivity contribution in [1.82, 2.24) is 0 Å². The summed E-state index contributed by atoms with van der Waals surface area (Å²) in [6.45, 7) is 0. The topological polar surface area (TPSA) is 72.7 Å². The van der Waals surface area contributed by atoms with Gasteiger partial charge in [-0.1, -0.05) is 23.7 Å².